The van der Waals surface area contributed by atoms with E-state index in [4.69, 9.17) is 9.47 Å². The van der Waals surface area contributed by atoms with E-state index in [9.17, 15) is 9.59 Å². The van der Waals surface area contributed by atoms with Crippen molar-refractivity contribution in [3.8, 4) is 0 Å². The summed E-state index contributed by atoms with van der Waals surface area (Å²) in [5, 5.41) is 3.43. The fraction of sp³-hybridized carbons (Fsp3) is 0.636. The third-order valence-electron chi connectivity index (χ3n) is 5.84. The van der Waals surface area contributed by atoms with E-state index < -0.39 is 5.60 Å². The summed E-state index contributed by atoms with van der Waals surface area (Å²) in [4.78, 5) is 29.6. The van der Waals surface area contributed by atoms with Gasteiger partial charge in [0.2, 0.25) is 0 Å². The van der Waals surface area contributed by atoms with Gasteiger partial charge < -0.3 is 14.8 Å². The molecule has 3 heterocycles. The Morgan fingerprint density at radius 2 is 2.07 bits per heavy atom. The molecule has 3 aliphatic heterocycles. The van der Waals surface area contributed by atoms with E-state index in [1.54, 1.807) is 0 Å². The summed E-state index contributed by atoms with van der Waals surface area (Å²) in [6, 6.07) is 6.07. The van der Waals surface area contributed by atoms with Gasteiger partial charge in [-0.3, -0.25) is 9.80 Å². The fourth-order valence-electron chi connectivity index (χ4n) is 4.49. The molecule has 0 saturated carbocycles. The number of carbonyl (C=O) groups excluding carboxylic acids is 2. The van der Waals surface area contributed by atoms with Crippen LogP contribution < -0.4 is 5.32 Å². The summed E-state index contributed by atoms with van der Waals surface area (Å²) < 4.78 is 11.1. The monoisotopic (exact) mass is 401 g/mol. The Morgan fingerprint density at radius 3 is 2.83 bits per heavy atom. The number of fused-ring (bicyclic) bond motifs is 2. The maximum absolute atomic E-state index is 13.1. The number of hydrogen-bond donors (Lipinski definition) is 1. The first-order valence-corrected chi connectivity index (χ1v) is 10.5. The smallest absolute Gasteiger partial charge is 0.410 e. The van der Waals surface area contributed by atoms with Crippen LogP contribution in [0.15, 0.2) is 18.2 Å². The Labute approximate surface area is 172 Å². The molecular weight excluding hydrogens is 370 g/mol. The Hall–Kier alpha value is -2.12. The number of esters is 1. The van der Waals surface area contributed by atoms with Crippen LogP contribution in [0.3, 0.4) is 0 Å². The second kappa shape index (κ2) is 7.61. The van der Waals surface area contributed by atoms with Crippen LogP contribution >= 0.6 is 0 Å². The molecule has 1 aromatic carbocycles. The molecule has 3 aliphatic rings. The van der Waals surface area contributed by atoms with Crippen molar-refractivity contribution < 1.29 is 19.1 Å². The fourth-order valence-corrected chi connectivity index (χ4v) is 4.49. The quantitative estimate of drug-likeness (QED) is 0.729. The summed E-state index contributed by atoms with van der Waals surface area (Å²) in [5.74, 6) is -0.264. The second-order valence-electron chi connectivity index (χ2n) is 9.34. The maximum atomic E-state index is 13.1. The molecular formula is C22H31N3O4. The lowest BCUT2D eigenvalue weighted by atomic mass is 9.92. The van der Waals surface area contributed by atoms with Gasteiger partial charge in [0, 0.05) is 45.2 Å². The predicted octanol–water partition coefficient (Wildman–Crippen LogP) is 2.35. The molecule has 2 fully saturated rings. The molecule has 7 nitrogen and oxygen atoms in total. The van der Waals surface area contributed by atoms with Gasteiger partial charge in [-0.05, 0) is 44.9 Å². The highest BCUT2D eigenvalue weighted by Gasteiger charge is 2.40. The number of piperazine rings is 2. The van der Waals surface area contributed by atoms with E-state index in [-0.39, 0.29) is 24.2 Å². The molecule has 4 rings (SSSR count). The highest BCUT2D eigenvalue weighted by Crippen LogP contribution is 2.32. The number of nitrogens with one attached hydrogen (secondary N) is 1. The normalized spacial score (nSPS) is 27.7. The van der Waals surface area contributed by atoms with Crippen LogP contribution in [-0.4, -0.2) is 72.3 Å². The van der Waals surface area contributed by atoms with Crippen LogP contribution in [0.4, 0.5) is 4.79 Å². The van der Waals surface area contributed by atoms with Crippen LogP contribution in [-0.2, 0) is 15.9 Å². The van der Waals surface area contributed by atoms with E-state index in [1.165, 1.54) is 0 Å². The van der Waals surface area contributed by atoms with Crippen molar-refractivity contribution >= 4 is 12.1 Å². The first kappa shape index (κ1) is 20.2. The third kappa shape index (κ3) is 4.26. The topological polar surface area (TPSA) is 71.1 Å². The molecule has 158 valence electrons. The van der Waals surface area contributed by atoms with Crippen LogP contribution in [0.2, 0.25) is 0 Å². The predicted molar refractivity (Wildman–Crippen MR) is 109 cm³/mol. The van der Waals surface area contributed by atoms with E-state index in [0.717, 1.165) is 37.3 Å². The Morgan fingerprint density at radius 1 is 1.28 bits per heavy atom. The van der Waals surface area contributed by atoms with Crippen LogP contribution in [0, 0.1) is 0 Å². The summed E-state index contributed by atoms with van der Waals surface area (Å²) >= 11 is 0. The Bertz CT molecular complexity index is 804. The summed E-state index contributed by atoms with van der Waals surface area (Å²) in [5.41, 5.74) is 2.14. The Balaban J connectivity index is 1.65. The number of cyclic esters (lactones) is 1. The van der Waals surface area contributed by atoms with Crippen molar-refractivity contribution in [3.63, 3.8) is 0 Å². The molecule has 0 aliphatic carbocycles. The summed E-state index contributed by atoms with van der Waals surface area (Å²) in [7, 11) is 0. The van der Waals surface area contributed by atoms with Crippen LogP contribution in [0.1, 0.15) is 55.2 Å². The number of ether oxygens (including phenoxy) is 2. The minimum absolute atomic E-state index is 0.0993. The molecule has 2 saturated heterocycles. The zero-order valence-corrected chi connectivity index (χ0v) is 17.7. The van der Waals surface area contributed by atoms with Gasteiger partial charge in [-0.2, -0.15) is 0 Å². The Kier molecular flexibility index (Phi) is 5.29. The van der Waals surface area contributed by atoms with Crippen molar-refractivity contribution in [2.45, 2.75) is 57.9 Å². The molecule has 2 unspecified atom stereocenters. The van der Waals surface area contributed by atoms with E-state index in [1.807, 2.05) is 44.7 Å². The first-order valence-electron chi connectivity index (χ1n) is 10.5. The zero-order valence-electron chi connectivity index (χ0n) is 17.7. The van der Waals surface area contributed by atoms with Gasteiger partial charge in [0.1, 0.15) is 11.7 Å². The highest BCUT2D eigenvalue weighted by atomic mass is 16.6. The molecule has 0 radical (unpaired) electrons. The summed E-state index contributed by atoms with van der Waals surface area (Å²) in [6.45, 7) is 11.8. The van der Waals surface area contributed by atoms with Gasteiger partial charge in [-0.1, -0.05) is 12.1 Å². The van der Waals surface area contributed by atoms with E-state index in [0.29, 0.717) is 24.6 Å². The van der Waals surface area contributed by atoms with Gasteiger partial charge in [0.05, 0.1) is 11.6 Å². The lowest BCUT2D eigenvalue weighted by molar-refractivity contribution is -0.0212. The molecule has 0 aromatic heterocycles. The van der Waals surface area contributed by atoms with Crippen molar-refractivity contribution in [2.75, 3.05) is 32.7 Å². The first-order chi connectivity index (χ1) is 13.7. The lowest BCUT2D eigenvalue weighted by Gasteiger charge is -2.48. The molecule has 0 spiro atoms. The van der Waals surface area contributed by atoms with E-state index >= 15 is 0 Å². The molecule has 7 heteroatoms. The second-order valence-corrected chi connectivity index (χ2v) is 9.34. The van der Waals surface area contributed by atoms with Crippen molar-refractivity contribution in [2.24, 2.45) is 0 Å². The van der Waals surface area contributed by atoms with Gasteiger partial charge >= 0.3 is 12.1 Å². The average molecular weight is 402 g/mol. The molecule has 29 heavy (non-hydrogen) atoms. The average Bonchev–Trinajstić information content (AvgIpc) is 2.65. The van der Waals surface area contributed by atoms with Crippen LogP contribution in [0.25, 0.3) is 0 Å². The largest absolute Gasteiger partial charge is 0.459 e. The van der Waals surface area contributed by atoms with Crippen LogP contribution in [0.5, 0.6) is 0 Å². The third-order valence-corrected chi connectivity index (χ3v) is 5.84. The number of nitrogens with zero attached hydrogens (tertiary/aromatic N) is 2. The number of carbonyl (C=O) groups is 2. The molecule has 0 bridgehead atoms. The lowest BCUT2D eigenvalue weighted by Crippen LogP contribution is -2.63. The number of hydrogen-bond acceptors (Lipinski definition) is 6. The SMILES string of the molecule is C[C@@H]1Cc2cc(C3CN4CCNCC4CN3C(=O)OC(C)(C)C)ccc2C(=O)O1. The molecule has 3 atom stereocenters. The number of benzene rings is 1. The standard InChI is InChI=1S/C22H31N3O4/c1-14-9-16-10-15(5-6-18(16)20(26)28-14)19-13-24-8-7-23-11-17(24)12-25(19)21(27)29-22(2,3)4/h5-6,10,14,17,19,23H,7-9,11-13H2,1-4H3/t14-,17?,19?/m1/s1. The van der Waals surface area contributed by atoms with Gasteiger partial charge in [-0.25, -0.2) is 9.59 Å². The number of amides is 1. The van der Waals surface area contributed by atoms with Crippen molar-refractivity contribution in [1.29, 1.82) is 0 Å². The van der Waals surface area contributed by atoms with E-state index in [2.05, 4.69) is 16.3 Å². The molecule has 1 N–H and O–H groups in total. The minimum atomic E-state index is -0.543. The van der Waals surface area contributed by atoms with Crippen molar-refractivity contribution in [1.82, 2.24) is 15.1 Å². The van der Waals surface area contributed by atoms with Gasteiger partial charge in [0.15, 0.2) is 0 Å². The van der Waals surface area contributed by atoms with Gasteiger partial charge in [-0.15, -0.1) is 0 Å². The maximum Gasteiger partial charge on any atom is 0.410 e. The van der Waals surface area contributed by atoms with Crippen molar-refractivity contribution in [3.05, 3.63) is 34.9 Å². The minimum Gasteiger partial charge on any atom is -0.459 e. The zero-order chi connectivity index (χ0) is 20.8. The highest BCUT2D eigenvalue weighted by molar-refractivity contribution is 5.92. The molecule has 1 amide bonds. The number of rotatable bonds is 1. The summed E-state index contributed by atoms with van der Waals surface area (Å²) in [6.07, 6.45) is 0.291. The molecule has 1 aromatic rings. The van der Waals surface area contributed by atoms with Gasteiger partial charge in [0.25, 0.3) is 0 Å².